The van der Waals surface area contributed by atoms with Crippen LogP contribution in [0.25, 0.3) is 0 Å². The molecule has 1 fully saturated rings. The second-order valence-electron chi connectivity index (χ2n) is 14.6. The van der Waals surface area contributed by atoms with Gasteiger partial charge in [0.25, 0.3) is 0 Å². The highest BCUT2D eigenvalue weighted by Gasteiger charge is 2.57. The molecule has 2 atom stereocenters. The summed E-state index contributed by atoms with van der Waals surface area (Å²) in [5.74, 6) is -10.3. The molecule has 1 amide bonds. The maximum absolute atomic E-state index is 17.4. The standard InChI is InChI=1S/C37H37F6N3O8S/c1-20-19-35(2,3)46(11-6-9-27(47)44-10-12-45-13-15-51-16-14-45)30-22(20)17-24-31(28(30)39)52-32-25(36(24)23-8-5-4-7-21(23)34(48)53-36)18-26(38)33(29(32)40)54-55(49,50)37(41,42)43/h4-5,7-8,17-18,20H,6,9-16,19H2,1-3H3,(H,44,47). The Kier molecular flexibility index (Phi) is 9.77. The fraction of sp³-hybridized carbons (Fsp3) is 0.459. The maximum Gasteiger partial charge on any atom is 0.534 e. The SMILES string of the molecule is CC1CC(C)(C)N(CCCC(=O)NCCN2CCOCC2)c2c1cc1c(c2F)Oc2c(cc(F)c(OS(=O)(=O)C(F)(F)F)c2F)C12OC(=O)c1ccccc12. The molecule has 4 aliphatic heterocycles. The van der Waals surface area contributed by atoms with Crippen molar-refractivity contribution in [2.45, 2.75) is 62.6 Å². The number of nitrogens with zero attached hydrogens (tertiary/aromatic N) is 2. The quantitative estimate of drug-likeness (QED) is 0.116. The zero-order valence-corrected chi connectivity index (χ0v) is 30.8. The zero-order chi connectivity index (χ0) is 39.7. The van der Waals surface area contributed by atoms with Crippen LogP contribution in [0.2, 0.25) is 0 Å². The number of halogens is 6. The molecule has 296 valence electrons. The first-order valence-corrected chi connectivity index (χ1v) is 19.0. The van der Waals surface area contributed by atoms with Crippen LogP contribution in [-0.2, 0) is 30.0 Å². The Labute approximate surface area is 312 Å². The molecular formula is C37H37F6N3O8S. The molecule has 4 heterocycles. The summed E-state index contributed by atoms with van der Waals surface area (Å²) in [4.78, 5) is 30.1. The van der Waals surface area contributed by atoms with Gasteiger partial charge in [0.1, 0.15) is 0 Å². The minimum absolute atomic E-state index is 0.0285. The number of esters is 1. The number of hydrogen-bond acceptors (Lipinski definition) is 10. The smallest absolute Gasteiger partial charge is 0.450 e. The fourth-order valence-corrected chi connectivity index (χ4v) is 8.51. The Balaban J connectivity index is 1.29. The molecule has 18 heteroatoms. The van der Waals surface area contributed by atoms with Gasteiger partial charge in [-0.3, -0.25) is 9.69 Å². The first kappa shape index (κ1) is 38.7. The minimum atomic E-state index is -6.58. The summed E-state index contributed by atoms with van der Waals surface area (Å²) < 4.78 is 134. The van der Waals surface area contributed by atoms with Gasteiger partial charge in [0.2, 0.25) is 17.5 Å². The van der Waals surface area contributed by atoms with Crippen molar-refractivity contribution in [3.63, 3.8) is 0 Å². The number of morpholine rings is 1. The van der Waals surface area contributed by atoms with E-state index in [-0.39, 0.29) is 47.2 Å². The summed E-state index contributed by atoms with van der Waals surface area (Å²) >= 11 is 0. The van der Waals surface area contributed by atoms with Gasteiger partial charge in [-0.1, -0.05) is 25.1 Å². The Morgan fingerprint density at radius 2 is 1.67 bits per heavy atom. The molecule has 3 aromatic carbocycles. The Morgan fingerprint density at radius 1 is 1.00 bits per heavy atom. The number of ether oxygens (including phenoxy) is 3. The van der Waals surface area contributed by atoms with Gasteiger partial charge < -0.3 is 28.6 Å². The van der Waals surface area contributed by atoms with E-state index in [1.807, 2.05) is 20.8 Å². The molecule has 1 spiro atoms. The first-order chi connectivity index (χ1) is 25.9. The first-order valence-electron chi connectivity index (χ1n) is 17.6. The molecule has 0 aromatic heterocycles. The highest BCUT2D eigenvalue weighted by Crippen LogP contribution is 2.61. The number of anilines is 1. The largest absolute Gasteiger partial charge is 0.534 e. The van der Waals surface area contributed by atoms with Gasteiger partial charge in [0.05, 0.1) is 35.6 Å². The van der Waals surface area contributed by atoms with E-state index in [1.165, 1.54) is 30.3 Å². The molecule has 11 nitrogen and oxygen atoms in total. The number of nitrogens with one attached hydrogen (secondary N) is 1. The predicted molar refractivity (Wildman–Crippen MR) is 184 cm³/mol. The molecule has 1 N–H and O–H groups in total. The third-order valence-corrected chi connectivity index (χ3v) is 11.5. The summed E-state index contributed by atoms with van der Waals surface area (Å²) in [5, 5.41) is 2.90. The number of benzene rings is 3. The van der Waals surface area contributed by atoms with Crippen molar-refractivity contribution < 1.29 is 62.7 Å². The lowest BCUT2D eigenvalue weighted by Crippen LogP contribution is -2.50. The molecule has 55 heavy (non-hydrogen) atoms. The second kappa shape index (κ2) is 13.9. The van der Waals surface area contributed by atoms with E-state index in [0.29, 0.717) is 50.8 Å². The third kappa shape index (κ3) is 6.54. The van der Waals surface area contributed by atoms with E-state index < -0.39 is 73.0 Å². The molecule has 7 rings (SSSR count). The molecule has 0 radical (unpaired) electrons. The van der Waals surface area contributed by atoms with E-state index in [0.717, 1.165) is 13.1 Å². The van der Waals surface area contributed by atoms with Crippen LogP contribution in [0, 0.1) is 17.5 Å². The van der Waals surface area contributed by atoms with E-state index in [9.17, 15) is 31.2 Å². The number of alkyl halides is 3. The van der Waals surface area contributed by atoms with Gasteiger partial charge in [-0.15, -0.1) is 0 Å². The van der Waals surface area contributed by atoms with Gasteiger partial charge >= 0.3 is 21.6 Å². The van der Waals surface area contributed by atoms with Gasteiger partial charge in [0.15, 0.2) is 28.7 Å². The van der Waals surface area contributed by atoms with Gasteiger partial charge in [0, 0.05) is 50.2 Å². The van der Waals surface area contributed by atoms with Crippen LogP contribution in [0.1, 0.15) is 78.6 Å². The van der Waals surface area contributed by atoms with Crippen LogP contribution in [0.3, 0.4) is 0 Å². The van der Waals surface area contributed by atoms with E-state index in [1.54, 1.807) is 4.90 Å². The fourth-order valence-electron chi connectivity index (χ4n) is 8.05. The summed E-state index contributed by atoms with van der Waals surface area (Å²) in [6.45, 7) is 9.73. The van der Waals surface area contributed by atoms with Crippen LogP contribution in [0.5, 0.6) is 17.2 Å². The lowest BCUT2D eigenvalue weighted by Gasteiger charge is -2.49. The van der Waals surface area contributed by atoms with E-state index in [2.05, 4.69) is 14.4 Å². The predicted octanol–water partition coefficient (Wildman–Crippen LogP) is 6.22. The summed E-state index contributed by atoms with van der Waals surface area (Å²) in [6.07, 6.45) is 0.924. The van der Waals surface area contributed by atoms with Crippen LogP contribution < -0.4 is 19.1 Å². The summed E-state index contributed by atoms with van der Waals surface area (Å²) in [6, 6.07) is 7.75. The van der Waals surface area contributed by atoms with Crippen LogP contribution in [0.4, 0.5) is 32.0 Å². The zero-order valence-electron chi connectivity index (χ0n) is 29.9. The molecule has 4 aliphatic rings. The maximum atomic E-state index is 17.4. The Morgan fingerprint density at radius 3 is 2.38 bits per heavy atom. The molecule has 0 saturated carbocycles. The van der Waals surface area contributed by atoms with Gasteiger partial charge in [-0.2, -0.15) is 26.0 Å². The minimum Gasteiger partial charge on any atom is -0.450 e. The highest BCUT2D eigenvalue weighted by molar-refractivity contribution is 7.88. The van der Waals surface area contributed by atoms with Crippen molar-refractivity contribution in [1.29, 1.82) is 0 Å². The second-order valence-corrected chi connectivity index (χ2v) is 16.1. The van der Waals surface area contributed by atoms with E-state index in [4.69, 9.17) is 14.2 Å². The summed E-state index contributed by atoms with van der Waals surface area (Å²) in [7, 11) is -6.58. The molecule has 0 bridgehead atoms. The van der Waals surface area contributed by atoms with Gasteiger partial charge in [-0.05, 0) is 56.4 Å². The average Bonchev–Trinajstić information content (AvgIpc) is 3.41. The van der Waals surface area contributed by atoms with Crippen molar-refractivity contribution in [3.05, 3.63) is 81.7 Å². The lowest BCUT2D eigenvalue weighted by atomic mass is 9.73. The van der Waals surface area contributed by atoms with Crippen LogP contribution in [-0.4, -0.2) is 82.2 Å². The van der Waals surface area contributed by atoms with Crippen molar-refractivity contribution >= 4 is 27.7 Å². The van der Waals surface area contributed by atoms with Crippen molar-refractivity contribution in [2.24, 2.45) is 0 Å². The number of fused-ring (bicyclic) bond motifs is 7. The Bertz CT molecular complexity index is 2180. The monoisotopic (exact) mass is 797 g/mol. The number of hydrogen-bond donors (Lipinski definition) is 1. The third-order valence-electron chi connectivity index (χ3n) is 10.5. The molecule has 2 unspecified atom stereocenters. The topological polar surface area (TPSA) is 124 Å². The Hall–Kier alpha value is -4.55. The highest BCUT2D eigenvalue weighted by atomic mass is 32.2. The van der Waals surface area contributed by atoms with Crippen molar-refractivity contribution in [3.8, 4) is 17.2 Å². The number of rotatable bonds is 9. The van der Waals surface area contributed by atoms with E-state index >= 15 is 13.2 Å². The molecular weight excluding hydrogens is 760 g/mol. The number of amides is 1. The molecule has 0 aliphatic carbocycles. The normalized spacial score (nSPS) is 21.6. The molecule has 3 aromatic rings. The summed E-state index contributed by atoms with van der Waals surface area (Å²) in [5.41, 5.74) is -9.32. The van der Waals surface area contributed by atoms with Crippen molar-refractivity contribution in [1.82, 2.24) is 10.2 Å². The molecule has 1 saturated heterocycles. The number of carbonyl (C=O) groups is 2. The van der Waals surface area contributed by atoms with Crippen molar-refractivity contribution in [2.75, 3.05) is 50.8 Å². The van der Waals surface area contributed by atoms with Crippen LogP contribution >= 0.6 is 0 Å². The van der Waals surface area contributed by atoms with Gasteiger partial charge in [-0.25, -0.2) is 13.6 Å². The number of carbonyl (C=O) groups excluding carboxylic acids is 2. The lowest BCUT2D eigenvalue weighted by molar-refractivity contribution is -0.121. The van der Waals surface area contributed by atoms with Crippen LogP contribution in [0.15, 0.2) is 36.4 Å². The average molecular weight is 798 g/mol.